The van der Waals surface area contributed by atoms with Gasteiger partial charge in [0.25, 0.3) is 0 Å². The van der Waals surface area contributed by atoms with Crippen molar-refractivity contribution < 1.29 is 23.1 Å². The van der Waals surface area contributed by atoms with Crippen LogP contribution in [0.25, 0.3) is 0 Å². The van der Waals surface area contributed by atoms with E-state index in [-0.39, 0.29) is 11.3 Å². The molecule has 1 saturated carbocycles. The van der Waals surface area contributed by atoms with Gasteiger partial charge < -0.3 is 20.1 Å². The first-order valence-corrected chi connectivity index (χ1v) is 12.1. The van der Waals surface area contributed by atoms with Gasteiger partial charge in [-0.2, -0.15) is 0 Å². The molecule has 0 spiro atoms. The van der Waals surface area contributed by atoms with Crippen LogP contribution in [0.1, 0.15) is 35.2 Å². The van der Waals surface area contributed by atoms with E-state index in [1.807, 2.05) is 18.2 Å². The Hall–Kier alpha value is -2.78. The van der Waals surface area contributed by atoms with Crippen molar-refractivity contribution in [3.05, 3.63) is 47.5 Å². The number of nitrogens with zero attached hydrogens (tertiary/aromatic N) is 2. The quantitative estimate of drug-likeness (QED) is 0.524. The molecule has 3 aliphatic rings. The van der Waals surface area contributed by atoms with Crippen LogP contribution in [-0.4, -0.2) is 57.2 Å². The molecule has 2 N–H and O–H groups in total. The summed E-state index contributed by atoms with van der Waals surface area (Å²) < 4.78 is 31.8. The summed E-state index contributed by atoms with van der Waals surface area (Å²) in [6.45, 7) is 6.38. The lowest BCUT2D eigenvalue weighted by molar-refractivity contribution is 0.0692. The first kappa shape index (κ1) is 21.1. The summed E-state index contributed by atoms with van der Waals surface area (Å²) in [6, 6.07) is 10.5. The molecule has 2 aromatic carbocycles. The molecule has 9 heteroatoms. The third kappa shape index (κ3) is 3.69. The Labute approximate surface area is 188 Å². The minimum absolute atomic E-state index is 0.0977. The van der Waals surface area contributed by atoms with Crippen LogP contribution in [0.3, 0.4) is 0 Å². The Morgan fingerprint density at radius 1 is 1.22 bits per heavy atom. The fourth-order valence-corrected chi connectivity index (χ4v) is 5.55. The summed E-state index contributed by atoms with van der Waals surface area (Å²) in [5, 5.41) is 13.4. The normalized spacial score (nSPS) is 21.8. The topological polar surface area (TPSA) is 99.2 Å². The molecular formula is C23H27N3O5S. The van der Waals surface area contributed by atoms with Gasteiger partial charge in [-0.3, -0.25) is 0 Å². The van der Waals surface area contributed by atoms with E-state index in [1.54, 1.807) is 18.2 Å². The summed E-state index contributed by atoms with van der Waals surface area (Å²) in [4.78, 5) is 14.6. The minimum Gasteiger partial charge on any atom is -0.492 e. The predicted octanol–water partition coefficient (Wildman–Crippen LogP) is 2.91. The molecule has 0 radical (unpaired) electrons. The Morgan fingerprint density at radius 3 is 2.72 bits per heavy atom. The number of carbonyl (C=O) groups is 1. The zero-order valence-corrected chi connectivity index (χ0v) is 18.8. The standard InChI is InChI=1S/C23H27N3O5S/c1-2-25-11-14(12-25)10-24-18-5-3-4-6-19(18)26(32(29)30)20-8-7-16-17-9-15(17)13-31-22(16)21(20)23(27)28/h3-8,14-15,17,24,32H,2,9-13H2,1H3,(H,27,28). The lowest BCUT2D eigenvalue weighted by atomic mass is 9.99. The Kier molecular flexibility index (Phi) is 5.46. The van der Waals surface area contributed by atoms with Gasteiger partial charge in [-0.15, -0.1) is 0 Å². The van der Waals surface area contributed by atoms with Crippen LogP contribution in [0.4, 0.5) is 17.1 Å². The van der Waals surface area contributed by atoms with Gasteiger partial charge >= 0.3 is 5.97 Å². The molecule has 0 amide bonds. The van der Waals surface area contributed by atoms with E-state index in [1.165, 1.54) is 0 Å². The van der Waals surface area contributed by atoms with E-state index in [4.69, 9.17) is 4.74 Å². The van der Waals surface area contributed by atoms with E-state index in [0.29, 0.717) is 41.5 Å². The lowest BCUT2D eigenvalue weighted by Crippen LogP contribution is -2.49. The maximum atomic E-state index is 12.5. The molecule has 2 unspecified atom stereocenters. The smallest absolute Gasteiger partial charge is 0.341 e. The van der Waals surface area contributed by atoms with Crippen molar-refractivity contribution in [1.82, 2.24) is 4.90 Å². The number of hydrogen-bond acceptors (Lipinski definition) is 6. The van der Waals surface area contributed by atoms with Crippen LogP contribution >= 0.6 is 0 Å². The molecule has 0 aromatic heterocycles. The summed E-state index contributed by atoms with van der Waals surface area (Å²) in [5.41, 5.74) is 1.91. The van der Waals surface area contributed by atoms with Crippen LogP contribution in [0.2, 0.25) is 0 Å². The number of fused-ring (bicyclic) bond motifs is 3. The van der Waals surface area contributed by atoms with Crippen molar-refractivity contribution >= 4 is 33.9 Å². The third-order valence-corrected chi connectivity index (χ3v) is 7.49. The third-order valence-electron chi connectivity index (χ3n) is 6.73. The highest BCUT2D eigenvalue weighted by Gasteiger charge is 2.45. The fourth-order valence-electron chi connectivity index (χ4n) is 4.85. The van der Waals surface area contributed by atoms with E-state index in [2.05, 4.69) is 17.1 Å². The SMILES string of the molecule is CCN1CC(CNc2ccccc2N(c2ccc3c(c2C(=O)O)OCC2CC32)[SH](=O)=O)C1. The second-order valence-electron chi connectivity index (χ2n) is 8.76. The zero-order valence-electron chi connectivity index (χ0n) is 17.9. The van der Waals surface area contributed by atoms with Crippen LogP contribution < -0.4 is 14.4 Å². The largest absolute Gasteiger partial charge is 0.492 e. The number of benzene rings is 2. The number of likely N-dealkylation sites (tertiary alicyclic amines) is 1. The number of thiol groups is 1. The zero-order chi connectivity index (χ0) is 22.4. The van der Waals surface area contributed by atoms with E-state index in [0.717, 1.165) is 42.5 Å². The van der Waals surface area contributed by atoms with E-state index in [9.17, 15) is 18.3 Å². The van der Waals surface area contributed by atoms with Crippen LogP contribution in [0.5, 0.6) is 5.75 Å². The van der Waals surface area contributed by atoms with Crippen molar-refractivity contribution in [3.63, 3.8) is 0 Å². The summed E-state index contributed by atoms with van der Waals surface area (Å²) in [7, 11) is -3.15. The summed E-state index contributed by atoms with van der Waals surface area (Å²) >= 11 is 0. The summed E-state index contributed by atoms with van der Waals surface area (Å²) in [6.07, 6.45) is 0.980. The van der Waals surface area contributed by atoms with Gasteiger partial charge in [0, 0.05) is 31.5 Å². The minimum atomic E-state index is -3.15. The molecule has 2 aromatic rings. The second-order valence-corrected chi connectivity index (χ2v) is 9.64. The average molecular weight is 458 g/mol. The van der Waals surface area contributed by atoms with Crippen LogP contribution in [0, 0.1) is 11.8 Å². The van der Waals surface area contributed by atoms with Crippen molar-refractivity contribution in [2.24, 2.45) is 11.8 Å². The van der Waals surface area contributed by atoms with Gasteiger partial charge in [0.05, 0.1) is 23.7 Å². The van der Waals surface area contributed by atoms with E-state index >= 15 is 0 Å². The molecule has 2 heterocycles. The molecule has 32 heavy (non-hydrogen) atoms. The monoisotopic (exact) mass is 457 g/mol. The first-order valence-electron chi connectivity index (χ1n) is 11.0. The number of para-hydroxylation sites is 2. The molecular weight excluding hydrogens is 430 g/mol. The Morgan fingerprint density at radius 2 is 2.00 bits per heavy atom. The molecule has 2 fully saturated rings. The number of ether oxygens (including phenoxy) is 1. The fraction of sp³-hybridized carbons (Fsp3) is 0.435. The molecule has 1 aliphatic carbocycles. The molecule has 2 aliphatic heterocycles. The van der Waals surface area contributed by atoms with E-state index < -0.39 is 16.9 Å². The molecule has 1 saturated heterocycles. The van der Waals surface area contributed by atoms with Gasteiger partial charge in [0.15, 0.2) is 0 Å². The Balaban J connectivity index is 1.51. The van der Waals surface area contributed by atoms with Gasteiger partial charge in [0.2, 0.25) is 10.9 Å². The number of carboxylic acid groups (broad SMARTS) is 1. The van der Waals surface area contributed by atoms with Gasteiger partial charge in [-0.25, -0.2) is 17.5 Å². The van der Waals surface area contributed by atoms with Gasteiger partial charge in [0.1, 0.15) is 11.3 Å². The Bertz CT molecular complexity index is 1120. The molecule has 170 valence electrons. The molecule has 2 atom stereocenters. The molecule has 8 nitrogen and oxygen atoms in total. The maximum absolute atomic E-state index is 12.5. The number of hydrogen-bond donors (Lipinski definition) is 3. The highest BCUT2D eigenvalue weighted by molar-refractivity contribution is 7.74. The lowest BCUT2D eigenvalue weighted by Gasteiger charge is -2.39. The number of anilines is 3. The van der Waals surface area contributed by atoms with Crippen LogP contribution in [-0.2, 0) is 10.9 Å². The van der Waals surface area contributed by atoms with Gasteiger partial charge in [-0.1, -0.05) is 25.1 Å². The summed E-state index contributed by atoms with van der Waals surface area (Å²) in [5.74, 6) is 0.338. The highest BCUT2D eigenvalue weighted by atomic mass is 32.2. The van der Waals surface area contributed by atoms with Gasteiger partial charge in [-0.05, 0) is 42.6 Å². The number of rotatable bonds is 8. The predicted molar refractivity (Wildman–Crippen MR) is 123 cm³/mol. The average Bonchev–Trinajstić information content (AvgIpc) is 3.53. The van der Waals surface area contributed by atoms with Crippen LogP contribution in [0.15, 0.2) is 36.4 Å². The van der Waals surface area contributed by atoms with Crippen molar-refractivity contribution in [2.45, 2.75) is 19.3 Å². The number of carboxylic acids is 1. The number of aromatic carboxylic acids is 1. The van der Waals surface area contributed by atoms with Crippen molar-refractivity contribution in [2.75, 3.05) is 42.4 Å². The second kappa shape index (κ2) is 8.29. The van der Waals surface area contributed by atoms with Crippen molar-refractivity contribution in [1.29, 1.82) is 0 Å². The first-order chi connectivity index (χ1) is 15.5. The van der Waals surface area contributed by atoms with Crippen molar-refractivity contribution in [3.8, 4) is 5.75 Å². The highest BCUT2D eigenvalue weighted by Crippen LogP contribution is 2.56. The molecule has 0 bridgehead atoms. The molecule has 5 rings (SSSR count). The maximum Gasteiger partial charge on any atom is 0.341 e. The number of nitrogens with one attached hydrogen (secondary N) is 1.